The zero-order valence-electron chi connectivity index (χ0n) is 21.3. The van der Waals surface area contributed by atoms with Gasteiger partial charge in [-0.1, -0.05) is 47.0 Å². The average Bonchev–Trinajstić information content (AvgIpc) is 3.52. The van der Waals surface area contributed by atoms with Gasteiger partial charge in [-0.2, -0.15) is 5.09 Å². The van der Waals surface area contributed by atoms with Gasteiger partial charge in [-0.25, -0.2) is 9.36 Å². The monoisotopic (exact) mass is 627 g/mol. The van der Waals surface area contributed by atoms with Gasteiger partial charge in [0, 0.05) is 12.6 Å². The Labute approximate surface area is 233 Å². The number of aliphatic hydroxyl groups is 1. The van der Waals surface area contributed by atoms with Crippen LogP contribution in [0.3, 0.4) is 0 Å². The second kappa shape index (κ2) is 12.8. The van der Waals surface area contributed by atoms with Crippen LogP contribution in [0.15, 0.2) is 51.1 Å². The number of nitrogens with one attached hydrogen (secondary N) is 2. The van der Waals surface area contributed by atoms with Crippen LogP contribution < -0.4 is 20.9 Å². The Morgan fingerprint density at radius 2 is 2.03 bits per heavy atom. The van der Waals surface area contributed by atoms with Crippen molar-refractivity contribution in [3.05, 3.63) is 67.9 Å². The second-order valence-electron chi connectivity index (χ2n) is 9.29. The van der Waals surface area contributed by atoms with E-state index < -0.39 is 48.9 Å². The van der Waals surface area contributed by atoms with Crippen LogP contribution in [0.5, 0.6) is 5.75 Å². The molecule has 1 saturated heterocycles. The maximum Gasteiger partial charge on any atom is 0.459 e. The molecular weight excluding hydrogens is 597 g/mol. The molecule has 12 nitrogen and oxygen atoms in total. The maximum absolute atomic E-state index is 14.1. The molecule has 39 heavy (non-hydrogen) atoms. The van der Waals surface area contributed by atoms with Gasteiger partial charge in [0.25, 0.3) is 5.56 Å². The highest BCUT2D eigenvalue weighted by atomic mass is 79.9. The van der Waals surface area contributed by atoms with Crippen LogP contribution in [0.1, 0.15) is 50.8 Å². The number of para-hydroxylation sites is 1. The summed E-state index contributed by atoms with van der Waals surface area (Å²) in [6, 6.07) is 8.37. The number of carbonyl (C=O) groups is 1. The highest BCUT2D eigenvalue weighted by Crippen LogP contribution is 2.50. The molecular formula is C25H31BrN3O9P. The van der Waals surface area contributed by atoms with Crippen molar-refractivity contribution in [3.63, 3.8) is 0 Å². The Kier molecular flexibility index (Phi) is 9.63. The third kappa shape index (κ3) is 6.97. The van der Waals surface area contributed by atoms with E-state index in [0.29, 0.717) is 12.8 Å². The van der Waals surface area contributed by atoms with Crippen LogP contribution in [0, 0.1) is 0 Å². The SMILES string of the molecule is CCOC(=O)C1(NP(=O)(OC[C@H]2O[C@@H](n3cc(C=CBr)c(=O)[nH]c3=O)CC2O)Oc2ccccc2)CCCC1. The number of esters is 1. The maximum atomic E-state index is 14.1. The van der Waals surface area contributed by atoms with E-state index in [0.717, 1.165) is 12.8 Å². The molecule has 1 aromatic heterocycles. The topological polar surface area (TPSA) is 158 Å². The minimum Gasteiger partial charge on any atom is -0.465 e. The van der Waals surface area contributed by atoms with Crippen LogP contribution in [-0.4, -0.2) is 51.6 Å². The number of aliphatic hydroxyl groups excluding tert-OH is 1. The normalized spacial score (nSPS) is 24.0. The molecule has 0 bridgehead atoms. The van der Waals surface area contributed by atoms with Crippen molar-refractivity contribution in [2.75, 3.05) is 13.2 Å². The van der Waals surface area contributed by atoms with Crippen molar-refractivity contribution in [1.29, 1.82) is 0 Å². The fourth-order valence-corrected chi connectivity index (χ4v) is 6.71. The molecule has 1 aliphatic carbocycles. The lowest BCUT2D eigenvalue weighted by atomic mass is 10.00. The first kappa shape index (κ1) is 29.4. The summed E-state index contributed by atoms with van der Waals surface area (Å²) in [7, 11) is -4.21. The van der Waals surface area contributed by atoms with Crippen LogP contribution >= 0.6 is 23.7 Å². The molecule has 2 aliphatic rings. The van der Waals surface area contributed by atoms with Crippen molar-refractivity contribution in [1.82, 2.24) is 14.6 Å². The summed E-state index contributed by atoms with van der Waals surface area (Å²) in [6.45, 7) is 1.48. The number of carbonyl (C=O) groups excluding carboxylic acids is 1. The zero-order valence-corrected chi connectivity index (χ0v) is 23.8. The van der Waals surface area contributed by atoms with Gasteiger partial charge < -0.3 is 19.1 Å². The van der Waals surface area contributed by atoms with Crippen LogP contribution in [-0.2, 0) is 23.4 Å². The molecule has 2 fully saturated rings. The summed E-state index contributed by atoms with van der Waals surface area (Å²) in [5, 5.41) is 13.5. The fourth-order valence-electron chi connectivity index (χ4n) is 4.68. The fraction of sp³-hybridized carbons (Fsp3) is 0.480. The zero-order chi connectivity index (χ0) is 28.0. The molecule has 4 atom stereocenters. The molecule has 3 N–H and O–H groups in total. The Morgan fingerprint density at radius 1 is 1.31 bits per heavy atom. The number of halogens is 1. The Bertz CT molecular complexity index is 1340. The number of H-pyrrole nitrogens is 1. The van der Waals surface area contributed by atoms with Crippen molar-refractivity contribution in [3.8, 4) is 5.75 Å². The largest absolute Gasteiger partial charge is 0.465 e. The summed E-state index contributed by atoms with van der Waals surface area (Å²) in [4.78, 5) is 41.0. The highest BCUT2D eigenvalue weighted by Gasteiger charge is 2.49. The van der Waals surface area contributed by atoms with Gasteiger partial charge in [0.15, 0.2) is 0 Å². The van der Waals surface area contributed by atoms with E-state index in [2.05, 4.69) is 26.0 Å². The van der Waals surface area contributed by atoms with Crippen LogP contribution in [0.2, 0.25) is 0 Å². The van der Waals surface area contributed by atoms with Crippen molar-refractivity contribution < 1.29 is 33.0 Å². The summed E-state index contributed by atoms with van der Waals surface area (Å²) in [6.07, 6.45) is 2.06. The molecule has 4 rings (SSSR count). The van der Waals surface area contributed by atoms with Crippen LogP contribution in [0.4, 0.5) is 0 Å². The van der Waals surface area contributed by atoms with Gasteiger partial charge in [-0.05, 0) is 43.0 Å². The lowest BCUT2D eigenvalue weighted by Gasteiger charge is -2.32. The molecule has 0 amide bonds. The quantitative estimate of drug-likeness (QED) is 0.249. The summed E-state index contributed by atoms with van der Waals surface area (Å²) < 4.78 is 37.9. The molecule has 1 aliphatic heterocycles. The number of aromatic amines is 1. The van der Waals surface area contributed by atoms with Gasteiger partial charge in [0.2, 0.25) is 0 Å². The minimum atomic E-state index is -4.21. The van der Waals surface area contributed by atoms with E-state index >= 15 is 0 Å². The molecule has 0 spiro atoms. The molecule has 0 radical (unpaired) electrons. The van der Waals surface area contributed by atoms with E-state index in [9.17, 15) is 24.1 Å². The van der Waals surface area contributed by atoms with Gasteiger partial charge >= 0.3 is 19.4 Å². The number of nitrogens with zero attached hydrogens (tertiary/aromatic N) is 1. The second-order valence-corrected chi connectivity index (χ2v) is 11.5. The standard InChI is InChI=1S/C25H31BrN3O9P/c1-2-35-23(32)25(11-6-7-12-25)28-39(34,38-18-8-4-3-5-9-18)36-16-20-19(30)14-21(37-20)29-15-17(10-13-26)22(31)27-24(29)33/h3-5,8-10,13,15,19-21,30H,2,6-7,11-12,14,16H2,1H3,(H,28,34)(H,27,31,33)/t19?,20-,21-,39?/m1/s1. The molecule has 14 heteroatoms. The minimum absolute atomic E-state index is 0.0154. The van der Waals surface area contributed by atoms with E-state index in [4.69, 9.17) is 18.5 Å². The van der Waals surface area contributed by atoms with Crippen molar-refractivity contribution >= 4 is 35.7 Å². The predicted molar refractivity (Wildman–Crippen MR) is 145 cm³/mol. The summed E-state index contributed by atoms with van der Waals surface area (Å²) in [5.41, 5.74) is -2.32. The molecule has 2 aromatic rings. The summed E-state index contributed by atoms with van der Waals surface area (Å²) in [5.74, 6) is -0.283. The number of rotatable bonds is 11. The molecule has 2 unspecified atom stereocenters. The Balaban J connectivity index is 1.54. The van der Waals surface area contributed by atoms with Gasteiger partial charge in [0.05, 0.1) is 24.9 Å². The predicted octanol–water partition coefficient (Wildman–Crippen LogP) is 3.22. The van der Waals surface area contributed by atoms with E-state index in [1.165, 1.54) is 21.8 Å². The first-order valence-electron chi connectivity index (χ1n) is 12.6. The van der Waals surface area contributed by atoms with E-state index in [1.807, 2.05) is 0 Å². The van der Waals surface area contributed by atoms with Gasteiger partial charge in [0.1, 0.15) is 23.6 Å². The Morgan fingerprint density at radius 3 is 2.69 bits per heavy atom. The van der Waals surface area contributed by atoms with E-state index in [-0.39, 0.29) is 30.9 Å². The lowest BCUT2D eigenvalue weighted by Crippen LogP contribution is -2.50. The molecule has 1 saturated carbocycles. The number of aromatic nitrogens is 2. The molecule has 2 heterocycles. The molecule has 212 valence electrons. The van der Waals surface area contributed by atoms with E-state index in [1.54, 1.807) is 37.3 Å². The smallest absolute Gasteiger partial charge is 0.459 e. The number of hydrogen-bond donors (Lipinski definition) is 3. The van der Waals surface area contributed by atoms with Crippen LogP contribution in [0.25, 0.3) is 6.08 Å². The van der Waals surface area contributed by atoms with Gasteiger partial charge in [-0.3, -0.25) is 23.7 Å². The number of ether oxygens (including phenoxy) is 2. The third-order valence-corrected chi connectivity index (χ3v) is 8.51. The first-order valence-corrected chi connectivity index (χ1v) is 15.1. The Hall–Kier alpha value is -2.54. The number of hydrogen-bond acceptors (Lipinski definition) is 9. The number of benzene rings is 1. The highest BCUT2D eigenvalue weighted by molar-refractivity contribution is 9.11. The van der Waals surface area contributed by atoms with Crippen molar-refractivity contribution in [2.24, 2.45) is 0 Å². The lowest BCUT2D eigenvalue weighted by molar-refractivity contribution is -0.150. The average molecular weight is 628 g/mol. The van der Waals surface area contributed by atoms with Gasteiger partial charge in [-0.15, -0.1) is 0 Å². The van der Waals surface area contributed by atoms with Crippen molar-refractivity contribution in [2.45, 2.75) is 63.0 Å². The third-order valence-electron chi connectivity index (χ3n) is 6.60. The summed E-state index contributed by atoms with van der Waals surface area (Å²) >= 11 is 3.10. The first-order chi connectivity index (χ1) is 18.7. The molecule has 1 aromatic carbocycles.